The van der Waals surface area contributed by atoms with Crippen molar-refractivity contribution < 1.29 is 19.1 Å². The quantitative estimate of drug-likeness (QED) is 0.775. The van der Waals surface area contributed by atoms with E-state index in [9.17, 15) is 9.59 Å². The van der Waals surface area contributed by atoms with Crippen molar-refractivity contribution in [2.45, 2.75) is 0 Å². The van der Waals surface area contributed by atoms with E-state index < -0.39 is 11.8 Å². The van der Waals surface area contributed by atoms with Crippen molar-refractivity contribution in [2.24, 2.45) is 0 Å². The van der Waals surface area contributed by atoms with Gasteiger partial charge in [-0.05, 0) is 28.1 Å². The molecule has 0 unspecified atom stereocenters. The largest absolute Gasteiger partial charge is 0.497 e. The fourth-order valence-electron chi connectivity index (χ4n) is 1.72. The summed E-state index contributed by atoms with van der Waals surface area (Å²) in [5, 5.41) is 0. The van der Waals surface area contributed by atoms with Crippen LogP contribution in [0, 0.1) is 0 Å². The summed E-state index contributed by atoms with van der Waals surface area (Å²) in [6.45, 7) is 0. The summed E-state index contributed by atoms with van der Waals surface area (Å²) in [4.78, 5) is 31.7. The van der Waals surface area contributed by atoms with Gasteiger partial charge in [0.15, 0.2) is 0 Å². The van der Waals surface area contributed by atoms with E-state index in [1.165, 1.54) is 38.9 Å². The number of benzene rings is 1. The first-order chi connectivity index (χ1) is 11.1. The summed E-state index contributed by atoms with van der Waals surface area (Å²) in [5.74, 6) is -0.383. The van der Waals surface area contributed by atoms with Gasteiger partial charge in [0.1, 0.15) is 17.2 Å². The molecule has 0 bridgehead atoms. The standard InChI is InChI=1S/C14H13BrN4O4/c1-22-8-5-9(12(23-2)10(15)6-8)13(20)18-19-14(21)11-7-16-3-4-17-11/h3-7H,1-2H3,(H,18,20)(H,19,21). The first-order valence-corrected chi connectivity index (χ1v) is 7.14. The Morgan fingerprint density at radius 3 is 2.43 bits per heavy atom. The minimum absolute atomic E-state index is 0.0755. The number of nitrogens with zero attached hydrogens (tertiary/aromatic N) is 2. The summed E-state index contributed by atoms with van der Waals surface area (Å²) in [5.41, 5.74) is 4.81. The summed E-state index contributed by atoms with van der Waals surface area (Å²) in [6.07, 6.45) is 4.09. The number of hydrazine groups is 1. The van der Waals surface area contributed by atoms with Crippen LogP contribution in [0.5, 0.6) is 11.5 Å². The Morgan fingerprint density at radius 2 is 1.83 bits per heavy atom. The van der Waals surface area contributed by atoms with Gasteiger partial charge in [-0.25, -0.2) is 4.98 Å². The molecular weight excluding hydrogens is 368 g/mol. The van der Waals surface area contributed by atoms with E-state index in [1.807, 2.05) is 0 Å². The van der Waals surface area contributed by atoms with Crippen LogP contribution in [-0.2, 0) is 0 Å². The number of aromatic nitrogens is 2. The molecule has 0 aliphatic rings. The van der Waals surface area contributed by atoms with Gasteiger partial charge in [0, 0.05) is 12.4 Å². The highest BCUT2D eigenvalue weighted by molar-refractivity contribution is 9.10. The second-order valence-electron chi connectivity index (χ2n) is 4.19. The van der Waals surface area contributed by atoms with E-state index >= 15 is 0 Å². The third-order valence-corrected chi connectivity index (χ3v) is 3.38. The summed E-state index contributed by atoms with van der Waals surface area (Å²) in [6, 6.07) is 3.15. The van der Waals surface area contributed by atoms with Gasteiger partial charge in [-0.3, -0.25) is 25.4 Å². The Labute approximate surface area is 140 Å². The predicted molar refractivity (Wildman–Crippen MR) is 84.2 cm³/mol. The van der Waals surface area contributed by atoms with Crippen LogP contribution in [0.25, 0.3) is 0 Å². The third kappa shape index (κ3) is 3.95. The Balaban J connectivity index is 2.14. The number of hydrogen-bond donors (Lipinski definition) is 2. The molecule has 2 N–H and O–H groups in total. The SMILES string of the molecule is COc1cc(Br)c(OC)c(C(=O)NNC(=O)c2cnccn2)c1. The molecule has 2 amide bonds. The lowest BCUT2D eigenvalue weighted by Gasteiger charge is -2.13. The van der Waals surface area contributed by atoms with Crippen LogP contribution in [-0.4, -0.2) is 36.0 Å². The highest BCUT2D eigenvalue weighted by Gasteiger charge is 2.18. The Morgan fingerprint density at radius 1 is 1.09 bits per heavy atom. The molecule has 0 fully saturated rings. The minimum atomic E-state index is -0.590. The molecule has 0 saturated heterocycles. The van der Waals surface area contributed by atoms with Gasteiger partial charge in [0.05, 0.1) is 30.5 Å². The molecule has 0 saturated carbocycles. The number of amides is 2. The van der Waals surface area contributed by atoms with Crippen LogP contribution in [0.15, 0.2) is 35.2 Å². The lowest BCUT2D eigenvalue weighted by Crippen LogP contribution is -2.42. The molecule has 120 valence electrons. The number of methoxy groups -OCH3 is 2. The first-order valence-electron chi connectivity index (χ1n) is 6.35. The van der Waals surface area contributed by atoms with E-state index in [0.29, 0.717) is 16.0 Å². The normalized spacial score (nSPS) is 9.87. The van der Waals surface area contributed by atoms with E-state index in [2.05, 4.69) is 36.7 Å². The highest BCUT2D eigenvalue weighted by atomic mass is 79.9. The Bertz CT molecular complexity index is 724. The van der Waals surface area contributed by atoms with Gasteiger partial charge in [-0.15, -0.1) is 0 Å². The smallest absolute Gasteiger partial charge is 0.289 e. The van der Waals surface area contributed by atoms with E-state index in [0.717, 1.165) is 0 Å². The van der Waals surface area contributed by atoms with Gasteiger partial charge >= 0.3 is 0 Å². The molecule has 1 aromatic heterocycles. The lowest BCUT2D eigenvalue weighted by atomic mass is 10.2. The maximum Gasteiger partial charge on any atom is 0.289 e. The zero-order valence-electron chi connectivity index (χ0n) is 12.3. The number of ether oxygens (including phenoxy) is 2. The zero-order chi connectivity index (χ0) is 16.8. The molecule has 2 rings (SSSR count). The Kier molecular flexibility index (Phi) is 5.47. The second-order valence-corrected chi connectivity index (χ2v) is 5.04. The lowest BCUT2D eigenvalue weighted by molar-refractivity contribution is 0.0841. The number of rotatable bonds is 4. The van der Waals surface area contributed by atoms with Gasteiger partial charge in [0.25, 0.3) is 11.8 Å². The third-order valence-electron chi connectivity index (χ3n) is 2.79. The van der Waals surface area contributed by atoms with Gasteiger partial charge in [0.2, 0.25) is 0 Å². The molecule has 0 radical (unpaired) electrons. The maximum absolute atomic E-state index is 12.3. The van der Waals surface area contributed by atoms with Crippen LogP contribution >= 0.6 is 15.9 Å². The number of nitrogens with one attached hydrogen (secondary N) is 2. The topological polar surface area (TPSA) is 102 Å². The first kappa shape index (κ1) is 16.7. The molecule has 0 aliphatic heterocycles. The van der Waals surface area contributed by atoms with Crippen LogP contribution in [0.3, 0.4) is 0 Å². The molecule has 9 heteroatoms. The molecular formula is C14H13BrN4O4. The van der Waals surface area contributed by atoms with Crippen LogP contribution in [0.4, 0.5) is 0 Å². The molecule has 2 aromatic rings. The van der Waals surface area contributed by atoms with Crippen LogP contribution in [0.1, 0.15) is 20.8 Å². The van der Waals surface area contributed by atoms with Crippen molar-refractivity contribution in [3.63, 3.8) is 0 Å². The van der Waals surface area contributed by atoms with Crippen molar-refractivity contribution in [2.75, 3.05) is 14.2 Å². The monoisotopic (exact) mass is 380 g/mol. The van der Waals surface area contributed by atoms with Gasteiger partial charge in [-0.2, -0.15) is 0 Å². The average Bonchev–Trinajstić information content (AvgIpc) is 2.59. The minimum Gasteiger partial charge on any atom is -0.497 e. The van der Waals surface area contributed by atoms with Crippen LogP contribution in [0.2, 0.25) is 0 Å². The van der Waals surface area contributed by atoms with Gasteiger partial charge < -0.3 is 9.47 Å². The van der Waals surface area contributed by atoms with Crippen molar-refractivity contribution in [1.29, 1.82) is 0 Å². The fraction of sp³-hybridized carbons (Fsp3) is 0.143. The van der Waals surface area contributed by atoms with E-state index in [-0.39, 0.29) is 11.3 Å². The molecule has 8 nitrogen and oxygen atoms in total. The number of hydrogen-bond acceptors (Lipinski definition) is 6. The van der Waals surface area contributed by atoms with Crippen molar-refractivity contribution >= 4 is 27.7 Å². The highest BCUT2D eigenvalue weighted by Crippen LogP contribution is 2.33. The molecule has 0 spiro atoms. The van der Waals surface area contributed by atoms with E-state index in [1.54, 1.807) is 6.07 Å². The Hall–Kier alpha value is -2.68. The van der Waals surface area contributed by atoms with Crippen molar-refractivity contribution in [3.05, 3.63) is 46.5 Å². The summed E-state index contributed by atoms with van der Waals surface area (Å²) >= 11 is 3.29. The molecule has 1 heterocycles. The second kappa shape index (κ2) is 7.54. The van der Waals surface area contributed by atoms with E-state index in [4.69, 9.17) is 9.47 Å². The van der Waals surface area contributed by atoms with Crippen molar-refractivity contribution in [3.8, 4) is 11.5 Å². The number of carbonyl (C=O) groups excluding carboxylic acids is 2. The predicted octanol–water partition coefficient (Wildman–Crippen LogP) is 1.33. The fourth-order valence-corrected chi connectivity index (χ4v) is 2.32. The molecule has 1 aromatic carbocycles. The summed E-state index contributed by atoms with van der Waals surface area (Å²) < 4.78 is 10.8. The zero-order valence-corrected chi connectivity index (χ0v) is 13.9. The van der Waals surface area contributed by atoms with Crippen LogP contribution < -0.4 is 20.3 Å². The molecule has 0 aliphatic carbocycles. The molecule has 0 atom stereocenters. The van der Waals surface area contributed by atoms with Crippen molar-refractivity contribution in [1.82, 2.24) is 20.8 Å². The molecule has 23 heavy (non-hydrogen) atoms. The average molecular weight is 381 g/mol. The van der Waals surface area contributed by atoms with Gasteiger partial charge in [-0.1, -0.05) is 0 Å². The summed E-state index contributed by atoms with van der Waals surface area (Å²) in [7, 11) is 2.91. The maximum atomic E-state index is 12.3. The number of halogens is 1. The number of carbonyl (C=O) groups is 2.